The van der Waals surface area contributed by atoms with E-state index in [-0.39, 0.29) is 51.0 Å². The molecule has 10 N–H and O–H groups in total. The van der Waals surface area contributed by atoms with E-state index in [1.165, 1.54) is 13.8 Å². The van der Waals surface area contributed by atoms with Gasteiger partial charge in [0, 0.05) is 53.0 Å². The summed E-state index contributed by atoms with van der Waals surface area (Å²) < 4.78 is 22.2. The van der Waals surface area contributed by atoms with Crippen LogP contribution in [0, 0.1) is 0 Å². The van der Waals surface area contributed by atoms with Gasteiger partial charge >= 0.3 is 0 Å². The van der Waals surface area contributed by atoms with Crippen LogP contribution < -0.4 is 21.3 Å². The zero-order valence-corrected chi connectivity index (χ0v) is 26.2. The summed E-state index contributed by atoms with van der Waals surface area (Å²) in [5.74, 6) is -1.36. The first-order valence-electron chi connectivity index (χ1n) is 15.4. The van der Waals surface area contributed by atoms with Crippen LogP contribution in [-0.4, -0.2) is 155 Å². The highest BCUT2D eigenvalue weighted by Crippen LogP contribution is 2.23. The number of carbonyl (C=O) groups excluding carboxylic acids is 4. The molecule has 0 radical (unpaired) electrons. The number of hydrogen-bond acceptors (Lipinski definition) is 14. The Bertz CT molecular complexity index is 887. The van der Waals surface area contributed by atoms with Gasteiger partial charge < -0.3 is 70.9 Å². The average Bonchev–Trinajstić information content (AvgIpc) is 3.01. The minimum Gasteiger partial charge on any atom is -0.394 e. The number of unbranched alkanes of at least 4 members (excludes halogenated alkanes) is 2. The van der Waals surface area contributed by atoms with Crippen LogP contribution in [0.1, 0.15) is 52.4 Å². The van der Waals surface area contributed by atoms with Gasteiger partial charge in [-0.15, -0.1) is 0 Å². The van der Waals surface area contributed by atoms with Crippen LogP contribution in [0.15, 0.2) is 0 Å². The third kappa shape index (κ3) is 12.9. The zero-order valence-electron chi connectivity index (χ0n) is 26.2. The zero-order chi connectivity index (χ0) is 34.2. The first-order valence-corrected chi connectivity index (χ1v) is 15.4. The number of amides is 4. The highest BCUT2D eigenvalue weighted by Gasteiger charge is 2.46. The molecule has 0 aromatic heterocycles. The van der Waals surface area contributed by atoms with Crippen LogP contribution in [0.5, 0.6) is 0 Å². The van der Waals surface area contributed by atoms with E-state index in [0.29, 0.717) is 25.7 Å². The van der Waals surface area contributed by atoms with Crippen LogP contribution >= 0.6 is 0 Å². The molecule has 2 aliphatic rings. The minimum absolute atomic E-state index is 0.133. The second kappa shape index (κ2) is 20.7. The Kier molecular flexibility index (Phi) is 17.8. The van der Waals surface area contributed by atoms with Gasteiger partial charge in [0.1, 0.15) is 48.7 Å². The summed E-state index contributed by atoms with van der Waals surface area (Å²) in [5.41, 5.74) is 0. The summed E-state index contributed by atoms with van der Waals surface area (Å²) in [4.78, 5) is 47.2. The fraction of sp³-hybridized carbons (Fsp3) is 0.857. The maximum Gasteiger partial charge on any atom is 0.220 e. The summed E-state index contributed by atoms with van der Waals surface area (Å²) in [6.45, 7) is 2.11. The molecule has 6 unspecified atom stereocenters. The van der Waals surface area contributed by atoms with Crippen molar-refractivity contribution in [1.82, 2.24) is 21.3 Å². The second-order valence-corrected chi connectivity index (χ2v) is 11.2. The lowest BCUT2D eigenvalue weighted by atomic mass is 9.97. The normalized spacial score (nSPS) is 31.1. The van der Waals surface area contributed by atoms with Crippen LogP contribution in [0.25, 0.3) is 0 Å². The quantitative estimate of drug-likeness (QED) is 0.0582. The molecule has 18 heteroatoms. The van der Waals surface area contributed by atoms with E-state index in [0.717, 1.165) is 0 Å². The van der Waals surface area contributed by atoms with E-state index in [1.807, 2.05) is 0 Å². The van der Waals surface area contributed by atoms with Crippen molar-refractivity contribution < 1.29 is 68.8 Å². The van der Waals surface area contributed by atoms with Crippen molar-refractivity contribution in [2.24, 2.45) is 0 Å². The lowest BCUT2D eigenvalue weighted by molar-refractivity contribution is -0.270. The summed E-state index contributed by atoms with van der Waals surface area (Å²) in [7, 11) is 0. The molecule has 4 amide bonds. The van der Waals surface area contributed by atoms with Crippen LogP contribution in [-0.2, 0) is 38.1 Å². The number of rotatable bonds is 19. The van der Waals surface area contributed by atoms with E-state index in [9.17, 15) is 49.8 Å². The molecular formula is C28H50N4O14. The number of hydrogen-bond donors (Lipinski definition) is 10. The highest BCUT2D eigenvalue weighted by atomic mass is 16.7. The monoisotopic (exact) mass is 666 g/mol. The summed E-state index contributed by atoms with van der Waals surface area (Å²) >= 11 is 0. The number of ether oxygens (including phenoxy) is 4. The van der Waals surface area contributed by atoms with Gasteiger partial charge in [0.05, 0.1) is 13.2 Å². The maximum atomic E-state index is 12.1. The predicted octanol–water partition coefficient (Wildman–Crippen LogP) is -4.52. The Balaban J connectivity index is 1.55. The Morgan fingerprint density at radius 1 is 0.609 bits per heavy atom. The van der Waals surface area contributed by atoms with E-state index in [1.54, 1.807) is 0 Å². The number of carbonyl (C=O) groups is 4. The van der Waals surface area contributed by atoms with Crippen molar-refractivity contribution in [3.8, 4) is 0 Å². The Morgan fingerprint density at radius 3 is 1.30 bits per heavy atom. The molecule has 0 aromatic carbocycles. The standard InChI is InChI=1S/C28H50N4O14/c1-15(35)31-21-25(41)23(39)17(13-33)45-27(21)43-11-5-3-7-19(37)29-9-10-30-20(38)8-4-6-12-44-28-22(32-16(2)36)26(42)24(40)18(14-34)46-28/h17-18,21-28,33-34,39-42H,3-14H2,1-2H3,(H,29,37)(H,30,38)(H,31,35)(H,32,36)/t17?,18?,21-,22?,23-,24-,25?,26?,27?,28+/m0/s1. The first kappa shape index (κ1) is 39.7. The molecule has 266 valence electrons. The molecule has 0 saturated carbocycles. The van der Waals surface area contributed by atoms with Gasteiger partial charge in [0.2, 0.25) is 23.6 Å². The molecule has 0 bridgehead atoms. The second-order valence-electron chi connectivity index (χ2n) is 11.2. The minimum atomic E-state index is -1.40. The van der Waals surface area contributed by atoms with Gasteiger partial charge in [-0.25, -0.2) is 0 Å². The van der Waals surface area contributed by atoms with Crippen molar-refractivity contribution in [2.45, 2.75) is 114 Å². The fourth-order valence-electron chi connectivity index (χ4n) is 4.98. The van der Waals surface area contributed by atoms with Gasteiger partial charge in [-0.3, -0.25) is 19.2 Å². The SMILES string of the molecule is CC(=O)NC1C(O)[C@@H](O)C(CO)O[C@H]1OCCCCC(=O)NCCNC(=O)CCCCOC1OC(CO)[C@H](O)C(O)[C@@H]1NC(C)=O. The van der Waals surface area contributed by atoms with Crippen molar-refractivity contribution in [1.29, 1.82) is 0 Å². The number of aliphatic hydroxyl groups is 6. The van der Waals surface area contributed by atoms with Crippen molar-refractivity contribution >= 4 is 23.6 Å². The topological polar surface area (TPSA) is 275 Å². The molecule has 0 aromatic rings. The molecule has 2 heterocycles. The van der Waals surface area contributed by atoms with E-state index in [4.69, 9.17) is 18.9 Å². The summed E-state index contributed by atoms with van der Waals surface area (Å²) in [6, 6.07) is -2.07. The van der Waals surface area contributed by atoms with Crippen LogP contribution in [0.2, 0.25) is 0 Å². The third-order valence-corrected chi connectivity index (χ3v) is 7.43. The van der Waals surface area contributed by atoms with E-state index in [2.05, 4.69) is 21.3 Å². The molecule has 10 atom stereocenters. The predicted molar refractivity (Wildman–Crippen MR) is 156 cm³/mol. The largest absolute Gasteiger partial charge is 0.394 e. The maximum absolute atomic E-state index is 12.1. The lowest BCUT2D eigenvalue weighted by Crippen LogP contribution is -2.64. The smallest absolute Gasteiger partial charge is 0.220 e. The molecule has 18 nitrogen and oxygen atoms in total. The molecule has 46 heavy (non-hydrogen) atoms. The van der Waals surface area contributed by atoms with Crippen molar-refractivity contribution in [3.63, 3.8) is 0 Å². The van der Waals surface area contributed by atoms with E-state index >= 15 is 0 Å². The fourth-order valence-corrected chi connectivity index (χ4v) is 4.98. The molecule has 0 aliphatic carbocycles. The van der Waals surface area contributed by atoms with Gasteiger partial charge in [0.15, 0.2) is 12.6 Å². The summed E-state index contributed by atoms with van der Waals surface area (Å²) in [5, 5.41) is 69.7. The molecule has 2 rings (SSSR count). The Labute approximate surface area is 267 Å². The Morgan fingerprint density at radius 2 is 0.978 bits per heavy atom. The first-order chi connectivity index (χ1) is 21.9. The lowest BCUT2D eigenvalue weighted by Gasteiger charge is -2.42. The van der Waals surface area contributed by atoms with E-state index < -0.39 is 86.3 Å². The molecule has 2 aliphatic heterocycles. The average molecular weight is 667 g/mol. The highest BCUT2D eigenvalue weighted by molar-refractivity contribution is 5.77. The summed E-state index contributed by atoms with van der Waals surface area (Å²) in [6.07, 6.45) is -7.74. The van der Waals surface area contributed by atoms with Gasteiger partial charge in [-0.1, -0.05) is 0 Å². The van der Waals surface area contributed by atoms with Gasteiger partial charge in [0.25, 0.3) is 0 Å². The van der Waals surface area contributed by atoms with Crippen molar-refractivity contribution in [3.05, 3.63) is 0 Å². The molecule has 0 spiro atoms. The number of aliphatic hydroxyl groups excluding tert-OH is 6. The van der Waals surface area contributed by atoms with Crippen LogP contribution in [0.4, 0.5) is 0 Å². The van der Waals surface area contributed by atoms with Gasteiger partial charge in [-0.05, 0) is 25.7 Å². The Hall–Kier alpha value is -2.52. The third-order valence-electron chi connectivity index (χ3n) is 7.43. The van der Waals surface area contributed by atoms with Crippen LogP contribution in [0.3, 0.4) is 0 Å². The molecule has 2 saturated heterocycles. The van der Waals surface area contributed by atoms with Crippen molar-refractivity contribution in [2.75, 3.05) is 39.5 Å². The van der Waals surface area contributed by atoms with Gasteiger partial charge in [-0.2, -0.15) is 0 Å². The molecular weight excluding hydrogens is 616 g/mol. The number of nitrogens with one attached hydrogen (secondary N) is 4. The molecule has 2 fully saturated rings.